The third kappa shape index (κ3) is 1.26. The number of carbonyl (C=O) groups is 1. The van der Waals surface area contributed by atoms with Crippen LogP contribution >= 0.6 is 0 Å². The van der Waals surface area contributed by atoms with Gasteiger partial charge in [0.1, 0.15) is 11.6 Å². The molecule has 3 nitrogen and oxygen atoms in total. The maximum atomic E-state index is 13.5. The van der Waals surface area contributed by atoms with Gasteiger partial charge in [0.2, 0.25) is 5.91 Å². The summed E-state index contributed by atoms with van der Waals surface area (Å²) in [6, 6.07) is 2.05. The van der Waals surface area contributed by atoms with E-state index in [1.807, 2.05) is 0 Å². The quantitative estimate of drug-likeness (QED) is 0.537. The van der Waals surface area contributed by atoms with Crippen LogP contribution in [-0.2, 0) is 10.2 Å². The lowest BCUT2D eigenvalue weighted by Crippen LogP contribution is -2.61. The summed E-state index contributed by atoms with van der Waals surface area (Å²) in [6.45, 7) is 1.74. The second-order valence-electron chi connectivity index (χ2n) is 3.87. The molecule has 80 valence electrons. The molecule has 1 atom stereocenters. The van der Waals surface area contributed by atoms with Crippen LogP contribution in [0.2, 0.25) is 0 Å². The van der Waals surface area contributed by atoms with E-state index < -0.39 is 17.0 Å². The number of amides is 1. The number of hydrogen-bond acceptors (Lipinski definition) is 2. The molecule has 1 unspecified atom stereocenters. The molecule has 0 spiro atoms. The average Bonchev–Trinajstić information content (AvgIpc) is 2.13. The highest BCUT2D eigenvalue weighted by Crippen LogP contribution is 2.34. The van der Waals surface area contributed by atoms with Gasteiger partial charge in [-0.1, -0.05) is 0 Å². The first-order chi connectivity index (χ1) is 6.95. The van der Waals surface area contributed by atoms with Gasteiger partial charge < -0.3 is 11.1 Å². The number of nitrogens with one attached hydrogen (secondary N) is 1. The third-order valence-electron chi connectivity index (χ3n) is 2.72. The summed E-state index contributed by atoms with van der Waals surface area (Å²) in [4.78, 5) is 11.3. The average molecular weight is 212 g/mol. The lowest BCUT2D eigenvalue weighted by atomic mass is 9.75. The highest BCUT2D eigenvalue weighted by atomic mass is 19.1. The lowest BCUT2D eigenvalue weighted by molar-refractivity contribution is -0.133. The van der Waals surface area contributed by atoms with Crippen molar-refractivity contribution in [2.45, 2.75) is 12.3 Å². The number of nitrogen functional groups attached to an aromatic ring is 1. The van der Waals surface area contributed by atoms with E-state index in [4.69, 9.17) is 5.73 Å². The monoisotopic (exact) mass is 212 g/mol. The second-order valence-corrected chi connectivity index (χ2v) is 3.87. The topological polar surface area (TPSA) is 55.1 Å². The van der Waals surface area contributed by atoms with Gasteiger partial charge >= 0.3 is 0 Å². The Morgan fingerprint density at radius 3 is 2.27 bits per heavy atom. The number of benzene rings is 1. The first kappa shape index (κ1) is 9.89. The summed E-state index contributed by atoms with van der Waals surface area (Å²) >= 11 is 0. The van der Waals surface area contributed by atoms with Crippen LogP contribution in [0.4, 0.5) is 14.5 Å². The minimum atomic E-state index is -1.11. The molecule has 1 aromatic rings. The molecule has 1 heterocycles. The van der Waals surface area contributed by atoms with E-state index in [-0.39, 0.29) is 23.7 Å². The molecule has 1 aliphatic rings. The first-order valence-corrected chi connectivity index (χ1v) is 4.48. The maximum absolute atomic E-state index is 13.5. The van der Waals surface area contributed by atoms with Crippen molar-refractivity contribution in [3.63, 3.8) is 0 Å². The van der Waals surface area contributed by atoms with Gasteiger partial charge in [-0.15, -0.1) is 0 Å². The molecule has 1 amide bonds. The van der Waals surface area contributed by atoms with E-state index in [1.54, 1.807) is 0 Å². The number of β-lactam (4-membered cyclic amide) rings is 1. The molecule has 0 bridgehead atoms. The lowest BCUT2D eigenvalue weighted by Gasteiger charge is -2.38. The molecule has 1 aromatic carbocycles. The zero-order valence-electron chi connectivity index (χ0n) is 8.10. The summed E-state index contributed by atoms with van der Waals surface area (Å²) in [6.07, 6.45) is 0. The van der Waals surface area contributed by atoms with Crippen LogP contribution in [0.1, 0.15) is 12.5 Å². The zero-order chi connectivity index (χ0) is 11.2. The smallest absolute Gasteiger partial charge is 0.232 e. The van der Waals surface area contributed by atoms with E-state index >= 15 is 0 Å². The van der Waals surface area contributed by atoms with E-state index in [0.29, 0.717) is 0 Å². The Hall–Kier alpha value is -1.65. The van der Waals surface area contributed by atoms with E-state index in [0.717, 1.165) is 12.1 Å². The van der Waals surface area contributed by atoms with Crippen LogP contribution in [0.5, 0.6) is 0 Å². The van der Waals surface area contributed by atoms with Gasteiger partial charge in [0, 0.05) is 17.8 Å². The molecule has 2 rings (SSSR count). The van der Waals surface area contributed by atoms with Crippen molar-refractivity contribution in [2.24, 2.45) is 0 Å². The van der Waals surface area contributed by atoms with Crippen LogP contribution in [0.15, 0.2) is 12.1 Å². The van der Waals surface area contributed by atoms with E-state index in [9.17, 15) is 13.6 Å². The fourth-order valence-corrected chi connectivity index (χ4v) is 1.75. The summed E-state index contributed by atoms with van der Waals surface area (Å²) < 4.78 is 27.0. The van der Waals surface area contributed by atoms with Gasteiger partial charge in [-0.25, -0.2) is 8.78 Å². The molecule has 5 heteroatoms. The van der Waals surface area contributed by atoms with Gasteiger partial charge in [-0.05, 0) is 19.1 Å². The molecule has 0 radical (unpaired) electrons. The van der Waals surface area contributed by atoms with Crippen LogP contribution in [-0.4, -0.2) is 12.5 Å². The van der Waals surface area contributed by atoms with Gasteiger partial charge in [0.05, 0.1) is 5.41 Å². The zero-order valence-corrected chi connectivity index (χ0v) is 8.10. The summed E-state index contributed by atoms with van der Waals surface area (Å²) in [5, 5.41) is 2.46. The Morgan fingerprint density at radius 1 is 1.40 bits per heavy atom. The molecule has 3 N–H and O–H groups in total. The predicted octanol–water partition coefficient (Wildman–Crippen LogP) is 0.935. The molecular formula is C10H10F2N2O. The van der Waals surface area contributed by atoms with Gasteiger partial charge in [-0.3, -0.25) is 4.79 Å². The third-order valence-corrected chi connectivity index (χ3v) is 2.72. The highest BCUT2D eigenvalue weighted by molar-refractivity contribution is 5.94. The van der Waals surface area contributed by atoms with Crippen molar-refractivity contribution in [3.8, 4) is 0 Å². The number of nitrogens with two attached hydrogens (primary N) is 1. The minimum absolute atomic E-state index is 0.0112. The number of carbonyl (C=O) groups excluding carboxylic acids is 1. The molecule has 0 aliphatic carbocycles. The summed E-state index contributed by atoms with van der Waals surface area (Å²) in [5.41, 5.74) is 3.98. The van der Waals surface area contributed by atoms with Gasteiger partial charge in [0.15, 0.2) is 0 Å². The van der Waals surface area contributed by atoms with Crippen LogP contribution < -0.4 is 11.1 Å². The van der Waals surface area contributed by atoms with Crippen LogP contribution in [0.25, 0.3) is 0 Å². The van der Waals surface area contributed by atoms with Crippen molar-refractivity contribution >= 4 is 11.6 Å². The normalized spacial score (nSPS) is 24.6. The molecule has 1 saturated heterocycles. The van der Waals surface area contributed by atoms with Crippen molar-refractivity contribution in [3.05, 3.63) is 29.3 Å². The van der Waals surface area contributed by atoms with Crippen molar-refractivity contribution in [1.82, 2.24) is 5.32 Å². The maximum Gasteiger partial charge on any atom is 0.232 e. The molecule has 1 aliphatic heterocycles. The number of rotatable bonds is 1. The first-order valence-electron chi connectivity index (χ1n) is 4.48. The van der Waals surface area contributed by atoms with E-state index in [2.05, 4.69) is 5.32 Å². The molecule has 0 saturated carbocycles. The van der Waals surface area contributed by atoms with Crippen LogP contribution in [0.3, 0.4) is 0 Å². The van der Waals surface area contributed by atoms with Crippen molar-refractivity contribution in [2.75, 3.05) is 12.3 Å². The number of anilines is 1. The standard InChI is InChI=1S/C10H10F2N2O/c1-10(4-14-9(10)15)8-6(11)2-5(13)3-7(8)12/h2-3H,4,13H2,1H3,(H,14,15). The SMILES string of the molecule is CC1(c2c(F)cc(N)cc2F)CNC1=O. The fourth-order valence-electron chi connectivity index (χ4n) is 1.75. The van der Waals surface area contributed by atoms with E-state index in [1.165, 1.54) is 6.92 Å². The van der Waals surface area contributed by atoms with Gasteiger partial charge in [0.25, 0.3) is 0 Å². The molecule has 0 aromatic heterocycles. The fraction of sp³-hybridized carbons (Fsp3) is 0.300. The van der Waals surface area contributed by atoms with Crippen molar-refractivity contribution in [1.29, 1.82) is 0 Å². The largest absolute Gasteiger partial charge is 0.399 e. The highest BCUT2D eigenvalue weighted by Gasteiger charge is 2.46. The Kier molecular flexibility index (Phi) is 1.92. The second kappa shape index (κ2) is 2.92. The van der Waals surface area contributed by atoms with Crippen LogP contribution in [0, 0.1) is 11.6 Å². The Labute approximate surface area is 85.3 Å². The minimum Gasteiger partial charge on any atom is -0.399 e. The molecule has 15 heavy (non-hydrogen) atoms. The Balaban J connectivity index is 2.58. The number of hydrogen-bond donors (Lipinski definition) is 2. The summed E-state index contributed by atoms with van der Waals surface area (Å²) in [5.74, 6) is -1.92. The number of halogens is 2. The predicted molar refractivity (Wildman–Crippen MR) is 51.1 cm³/mol. The molecular weight excluding hydrogens is 202 g/mol. The molecule has 1 fully saturated rings. The van der Waals surface area contributed by atoms with Gasteiger partial charge in [-0.2, -0.15) is 0 Å². The Morgan fingerprint density at radius 2 is 1.93 bits per heavy atom. The summed E-state index contributed by atoms with van der Waals surface area (Å²) in [7, 11) is 0. The Bertz CT molecular complexity index is 424. The van der Waals surface area contributed by atoms with Crippen molar-refractivity contribution < 1.29 is 13.6 Å².